The molecule has 0 spiro atoms. The molecule has 168 valence electrons. The monoisotopic (exact) mass is 466 g/mol. The van der Waals surface area contributed by atoms with Crippen LogP contribution < -0.4 is 10.1 Å². The van der Waals surface area contributed by atoms with Crippen molar-refractivity contribution in [1.82, 2.24) is 9.97 Å². The van der Waals surface area contributed by atoms with Crippen molar-refractivity contribution in [3.05, 3.63) is 90.8 Å². The van der Waals surface area contributed by atoms with E-state index in [2.05, 4.69) is 16.4 Å². The van der Waals surface area contributed by atoms with E-state index in [1.807, 2.05) is 60.7 Å². The van der Waals surface area contributed by atoms with Crippen molar-refractivity contribution in [3.63, 3.8) is 0 Å². The molecule has 1 atom stereocenters. The third kappa shape index (κ3) is 5.25. The molecule has 2 heterocycles. The van der Waals surface area contributed by atoms with E-state index in [1.54, 1.807) is 38.6 Å². The summed E-state index contributed by atoms with van der Waals surface area (Å²) in [5, 5.41) is 13.0. The van der Waals surface area contributed by atoms with Gasteiger partial charge in [0.2, 0.25) is 5.91 Å². The highest BCUT2D eigenvalue weighted by atomic mass is 32.2. The van der Waals surface area contributed by atoms with Gasteiger partial charge in [-0.1, -0.05) is 54.2 Å². The maximum atomic E-state index is 12.8. The van der Waals surface area contributed by atoms with Gasteiger partial charge in [-0.25, -0.2) is 4.98 Å². The lowest BCUT2D eigenvalue weighted by Gasteiger charge is -2.16. The van der Waals surface area contributed by atoms with Gasteiger partial charge in [0.15, 0.2) is 0 Å². The predicted octanol–water partition coefficient (Wildman–Crippen LogP) is 5.81. The first kappa shape index (κ1) is 23.0. The van der Waals surface area contributed by atoms with Gasteiger partial charge in [-0.3, -0.25) is 9.78 Å². The van der Waals surface area contributed by atoms with Crippen LogP contribution in [0.5, 0.6) is 5.75 Å². The predicted molar refractivity (Wildman–Crippen MR) is 135 cm³/mol. The van der Waals surface area contributed by atoms with Crippen molar-refractivity contribution in [3.8, 4) is 34.2 Å². The largest absolute Gasteiger partial charge is 0.497 e. The van der Waals surface area contributed by atoms with Crippen molar-refractivity contribution in [2.24, 2.45) is 0 Å². The molecule has 0 radical (unpaired) electrons. The van der Waals surface area contributed by atoms with E-state index in [4.69, 9.17) is 9.72 Å². The molecule has 0 aliphatic rings. The van der Waals surface area contributed by atoms with Gasteiger partial charge in [0.1, 0.15) is 16.8 Å². The minimum absolute atomic E-state index is 0.182. The highest BCUT2D eigenvalue weighted by molar-refractivity contribution is 8.00. The van der Waals surface area contributed by atoms with E-state index >= 15 is 0 Å². The topological polar surface area (TPSA) is 87.9 Å². The number of nitriles is 1. The van der Waals surface area contributed by atoms with E-state index in [9.17, 15) is 10.1 Å². The zero-order chi connectivity index (χ0) is 23.9. The number of rotatable bonds is 7. The van der Waals surface area contributed by atoms with Gasteiger partial charge in [0.05, 0.1) is 23.6 Å². The van der Waals surface area contributed by atoms with Gasteiger partial charge in [-0.15, -0.1) is 0 Å². The molecule has 0 fully saturated rings. The fraction of sp³-hybridized carbons (Fsp3) is 0.111. The lowest BCUT2D eigenvalue weighted by atomic mass is 9.99. The molecule has 2 aromatic carbocycles. The summed E-state index contributed by atoms with van der Waals surface area (Å²) in [5.74, 6) is 0.550. The number of ether oxygens (including phenoxy) is 1. The number of pyridine rings is 2. The van der Waals surface area contributed by atoms with Crippen LogP contribution in [-0.4, -0.2) is 28.2 Å². The summed E-state index contributed by atoms with van der Waals surface area (Å²) < 4.78 is 5.28. The number of anilines is 1. The number of benzene rings is 2. The molecule has 0 saturated heterocycles. The molecule has 1 amide bonds. The average molecular weight is 467 g/mol. The number of thioether (sulfide) groups is 1. The second-order valence-corrected chi connectivity index (χ2v) is 8.76. The summed E-state index contributed by atoms with van der Waals surface area (Å²) in [5.41, 5.74) is 4.37. The van der Waals surface area contributed by atoms with Crippen molar-refractivity contribution >= 4 is 23.4 Å². The molecule has 6 nitrogen and oxygen atoms in total. The number of carbonyl (C=O) groups is 1. The Kier molecular flexibility index (Phi) is 7.21. The molecule has 34 heavy (non-hydrogen) atoms. The Morgan fingerprint density at radius 3 is 2.38 bits per heavy atom. The van der Waals surface area contributed by atoms with Crippen LogP contribution in [0.2, 0.25) is 0 Å². The van der Waals surface area contributed by atoms with E-state index in [0.29, 0.717) is 16.3 Å². The minimum atomic E-state index is -0.484. The summed E-state index contributed by atoms with van der Waals surface area (Å²) in [4.78, 5) is 21.6. The quantitative estimate of drug-likeness (QED) is 0.346. The van der Waals surface area contributed by atoms with Crippen LogP contribution in [0, 0.1) is 11.3 Å². The number of methoxy groups -OCH3 is 1. The fourth-order valence-electron chi connectivity index (χ4n) is 3.37. The van der Waals surface area contributed by atoms with Crippen molar-refractivity contribution < 1.29 is 9.53 Å². The van der Waals surface area contributed by atoms with Gasteiger partial charge in [-0.05, 0) is 42.8 Å². The second-order valence-electron chi connectivity index (χ2n) is 7.43. The van der Waals surface area contributed by atoms with Crippen LogP contribution in [0.4, 0.5) is 5.69 Å². The molecular formula is C27H22N4O2S. The van der Waals surface area contributed by atoms with Gasteiger partial charge >= 0.3 is 0 Å². The average Bonchev–Trinajstić information content (AvgIpc) is 2.89. The number of hydrogen-bond acceptors (Lipinski definition) is 6. The smallest absolute Gasteiger partial charge is 0.237 e. The van der Waals surface area contributed by atoms with E-state index in [1.165, 1.54) is 11.8 Å². The van der Waals surface area contributed by atoms with Crippen LogP contribution in [0.15, 0.2) is 90.2 Å². The third-order valence-electron chi connectivity index (χ3n) is 5.17. The molecule has 4 aromatic rings. The van der Waals surface area contributed by atoms with Crippen LogP contribution in [-0.2, 0) is 4.79 Å². The molecule has 0 aliphatic carbocycles. The SMILES string of the molecule is COc1ccc(-c2cc(-c3ccccc3)nc(SC(C)C(=O)Nc3ccncc3)c2C#N)cc1. The molecule has 4 rings (SSSR count). The molecule has 0 aliphatic heterocycles. The Hall–Kier alpha value is -4.15. The highest BCUT2D eigenvalue weighted by Crippen LogP contribution is 2.36. The van der Waals surface area contributed by atoms with E-state index < -0.39 is 5.25 Å². The number of nitrogens with zero attached hydrogens (tertiary/aromatic N) is 3. The summed E-state index contributed by atoms with van der Waals surface area (Å²) in [7, 11) is 1.61. The first-order valence-corrected chi connectivity index (χ1v) is 11.5. The number of aromatic nitrogens is 2. The number of hydrogen-bond donors (Lipinski definition) is 1. The number of amides is 1. The number of nitrogens with one attached hydrogen (secondary N) is 1. The number of carbonyl (C=O) groups excluding carboxylic acids is 1. The highest BCUT2D eigenvalue weighted by Gasteiger charge is 2.21. The van der Waals surface area contributed by atoms with Crippen LogP contribution in [0.3, 0.4) is 0 Å². The lowest BCUT2D eigenvalue weighted by molar-refractivity contribution is -0.115. The Balaban J connectivity index is 1.74. The molecule has 1 N–H and O–H groups in total. The summed E-state index contributed by atoms with van der Waals surface area (Å²) in [6.45, 7) is 1.80. The van der Waals surface area contributed by atoms with Crippen LogP contribution in [0.25, 0.3) is 22.4 Å². The zero-order valence-corrected chi connectivity index (χ0v) is 19.5. The van der Waals surface area contributed by atoms with E-state index in [0.717, 1.165) is 28.1 Å². The first-order valence-electron chi connectivity index (χ1n) is 10.6. The van der Waals surface area contributed by atoms with Crippen LogP contribution in [0.1, 0.15) is 12.5 Å². The minimum Gasteiger partial charge on any atom is -0.497 e. The Labute approximate surface area is 202 Å². The standard InChI is InChI=1S/C27H22N4O2S/c1-18(26(32)30-21-12-14-29-15-13-21)34-27-24(17-28)23(19-8-10-22(33-2)11-9-19)16-25(31-27)20-6-4-3-5-7-20/h3-16,18H,1-2H3,(H,29,30,32). The Morgan fingerprint density at radius 1 is 1.03 bits per heavy atom. The molecule has 7 heteroatoms. The molecule has 2 aromatic heterocycles. The zero-order valence-electron chi connectivity index (χ0n) is 18.7. The maximum Gasteiger partial charge on any atom is 0.237 e. The lowest BCUT2D eigenvalue weighted by Crippen LogP contribution is -2.22. The fourth-order valence-corrected chi connectivity index (χ4v) is 4.30. The third-order valence-corrected chi connectivity index (χ3v) is 6.26. The molecule has 0 saturated carbocycles. The van der Waals surface area contributed by atoms with Crippen molar-refractivity contribution in [1.29, 1.82) is 5.26 Å². The van der Waals surface area contributed by atoms with E-state index in [-0.39, 0.29) is 5.91 Å². The molecule has 0 bridgehead atoms. The Morgan fingerprint density at radius 2 is 1.74 bits per heavy atom. The van der Waals surface area contributed by atoms with Crippen molar-refractivity contribution in [2.75, 3.05) is 12.4 Å². The first-order chi connectivity index (χ1) is 16.6. The summed E-state index contributed by atoms with van der Waals surface area (Å²) in [6.07, 6.45) is 3.24. The Bertz CT molecular complexity index is 1320. The molecule has 1 unspecified atom stereocenters. The van der Waals surface area contributed by atoms with Crippen LogP contribution >= 0.6 is 11.8 Å². The van der Waals surface area contributed by atoms with Gasteiger partial charge in [-0.2, -0.15) is 5.26 Å². The van der Waals surface area contributed by atoms with Gasteiger partial charge < -0.3 is 10.1 Å². The summed E-state index contributed by atoms with van der Waals surface area (Å²) >= 11 is 1.26. The van der Waals surface area contributed by atoms with Crippen molar-refractivity contribution in [2.45, 2.75) is 17.2 Å². The summed E-state index contributed by atoms with van der Waals surface area (Å²) in [6, 6.07) is 25.0. The van der Waals surface area contributed by atoms with Gasteiger partial charge in [0.25, 0.3) is 0 Å². The molecular weight excluding hydrogens is 444 g/mol. The second kappa shape index (κ2) is 10.6. The maximum absolute atomic E-state index is 12.8. The van der Waals surface area contributed by atoms with Gasteiger partial charge in [0, 0.05) is 29.2 Å². The normalized spacial score (nSPS) is 11.3.